The van der Waals surface area contributed by atoms with Crippen molar-refractivity contribution in [2.24, 2.45) is 0 Å². The van der Waals surface area contributed by atoms with Crippen LogP contribution in [-0.4, -0.2) is 7.11 Å². The molecule has 0 aliphatic heterocycles. The minimum absolute atomic E-state index is 0.575. The van der Waals surface area contributed by atoms with Gasteiger partial charge in [-0.2, -0.15) is 5.26 Å². The van der Waals surface area contributed by atoms with Gasteiger partial charge in [0.25, 0.3) is 0 Å². The van der Waals surface area contributed by atoms with Crippen LogP contribution >= 0.6 is 0 Å². The lowest BCUT2D eigenvalue weighted by molar-refractivity contribution is 0.413. The lowest BCUT2D eigenvalue weighted by atomic mass is 10.1. The summed E-state index contributed by atoms with van der Waals surface area (Å²) < 4.78 is 5.16. The van der Waals surface area contributed by atoms with Crippen LogP contribution in [0.2, 0.25) is 0 Å². The molecule has 0 bridgehead atoms. The molecule has 0 saturated heterocycles. The Kier molecular flexibility index (Phi) is 3.79. The average molecular weight is 278 g/mol. The maximum atomic E-state index is 9.11. The Bertz CT molecular complexity index is 701. The van der Waals surface area contributed by atoms with Crippen LogP contribution < -0.4 is 10.1 Å². The lowest BCUT2D eigenvalue weighted by Gasteiger charge is -2.10. The van der Waals surface area contributed by atoms with Crippen molar-refractivity contribution >= 4 is 5.69 Å². The van der Waals surface area contributed by atoms with Crippen LogP contribution in [0.3, 0.4) is 0 Å². The number of anilines is 1. The molecule has 3 rings (SSSR count). The number of nitrogens with zero attached hydrogens (tertiary/aromatic N) is 1. The van der Waals surface area contributed by atoms with Gasteiger partial charge in [-0.3, -0.25) is 0 Å². The van der Waals surface area contributed by atoms with E-state index in [0.717, 1.165) is 11.3 Å². The van der Waals surface area contributed by atoms with Gasteiger partial charge < -0.3 is 10.1 Å². The minimum Gasteiger partial charge on any atom is -0.495 e. The Morgan fingerprint density at radius 2 is 2.00 bits per heavy atom. The number of fused-ring (bicyclic) bond motifs is 1. The largest absolute Gasteiger partial charge is 0.495 e. The number of hydrogen-bond acceptors (Lipinski definition) is 3. The first-order valence-corrected chi connectivity index (χ1v) is 7.23. The Labute approximate surface area is 125 Å². The Morgan fingerprint density at radius 3 is 2.81 bits per heavy atom. The third-order valence-electron chi connectivity index (χ3n) is 3.98. The predicted molar refractivity (Wildman–Crippen MR) is 83.5 cm³/mol. The van der Waals surface area contributed by atoms with Crippen molar-refractivity contribution in [1.29, 1.82) is 5.26 Å². The molecular weight excluding hydrogens is 260 g/mol. The van der Waals surface area contributed by atoms with Crippen LogP contribution in [0, 0.1) is 11.3 Å². The number of nitrogens with one attached hydrogen (secondary N) is 1. The molecule has 3 nitrogen and oxygen atoms in total. The molecule has 106 valence electrons. The first-order chi connectivity index (χ1) is 10.3. The molecule has 0 radical (unpaired) electrons. The van der Waals surface area contributed by atoms with Crippen molar-refractivity contribution in [3.8, 4) is 11.8 Å². The number of rotatable bonds is 4. The third kappa shape index (κ3) is 2.85. The van der Waals surface area contributed by atoms with Gasteiger partial charge in [0.2, 0.25) is 0 Å². The van der Waals surface area contributed by atoms with Gasteiger partial charge in [-0.25, -0.2) is 0 Å². The predicted octanol–water partition coefficient (Wildman–Crippen LogP) is 3.67. The fourth-order valence-corrected chi connectivity index (χ4v) is 2.84. The highest BCUT2D eigenvalue weighted by Gasteiger charge is 2.10. The van der Waals surface area contributed by atoms with Gasteiger partial charge in [-0.15, -0.1) is 0 Å². The molecule has 1 aliphatic rings. The topological polar surface area (TPSA) is 45.0 Å². The second-order valence-corrected chi connectivity index (χ2v) is 5.34. The van der Waals surface area contributed by atoms with E-state index in [2.05, 4.69) is 29.6 Å². The first-order valence-electron chi connectivity index (χ1n) is 7.23. The van der Waals surface area contributed by atoms with Gasteiger partial charge in [0.1, 0.15) is 11.8 Å². The van der Waals surface area contributed by atoms with E-state index < -0.39 is 0 Å². The standard InChI is InChI=1S/C18H18N2O/c1-21-18-8-5-13(9-16(18)11-19)12-20-17-7-6-14-3-2-4-15(14)10-17/h5-10,20H,2-4,12H2,1H3. The van der Waals surface area contributed by atoms with Crippen molar-refractivity contribution < 1.29 is 4.74 Å². The summed E-state index contributed by atoms with van der Waals surface area (Å²) in [6.07, 6.45) is 3.66. The summed E-state index contributed by atoms with van der Waals surface area (Å²) in [5.41, 5.74) is 5.74. The zero-order valence-electron chi connectivity index (χ0n) is 12.1. The van der Waals surface area contributed by atoms with E-state index in [9.17, 15) is 0 Å². The molecule has 0 amide bonds. The summed E-state index contributed by atoms with van der Waals surface area (Å²) in [5, 5.41) is 12.5. The summed E-state index contributed by atoms with van der Waals surface area (Å²) in [5.74, 6) is 0.624. The van der Waals surface area contributed by atoms with Gasteiger partial charge in [0.05, 0.1) is 12.7 Å². The van der Waals surface area contributed by atoms with Crippen LogP contribution in [0.5, 0.6) is 5.75 Å². The lowest BCUT2D eigenvalue weighted by Crippen LogP contribution is -2.01. The van der Waals surface area contributed by atoms with E-state index in [0.29, 0.717) is 17.9 Å². The minimum atomic E-state index is 0.575. The number of methoxy groups -OCH3 is 1. The second kappa shape index (κ2) is 5.88. The Balaban J connectivity index is 1.72. The van der Waals surface area contributed by atoms with Crippen molar-refractivity contribution in [3.05, 3.63) is 58.7 Å². The SMILES string of the molecule is COc1ccc(CNc2ccc3c(c2)CCC3)cc1C#N. The van der Waals surface area contributed by atoms with E-state index in [1.165, 1.54) is 30.4 Å². The molecule has 1 N–H and O–H groups in total. The summed E-state index contributed by atoms with van der Waals surface area (Å²) >= 11 is 0. The van der Waals surface area contributed by atoms with Crippen molar-refractivity contribution in [3.63, 3.8) is 0 Å². The molecule has 21 heavy (non-hydrogen) atoms. The fraction of sp³-hybridized carbons (Fsp3) is 0.278. The van der Waals surface area contributed by atoms with E-state index in [1.807, 2.05) is 18.2 Å². The van der Waals surface area contributed by atoms with E-state index >= 15 is 0 Å². The normalized spacial score (nSPS) is 12.6. The molecular formula is C18H18N2O. The molecule has 2 aromatic rings. The maximum absolute atomic E-state index is 9.11. The second-order valence-electron chi connectivity index (χ2n) is 5.34. The first kappa shape index (κ1) is 13.5. The van der Waals surface area contributed by atoms with Gasteiger partial charge in [-0.05, 0) is 60.2 Å². The van der Waals surface area contributed by atoms with Gasteiger partial charge in [0.15, 0.2) is 0 Å². The summed E-state index contributed by atoms with van der Waals surface area (Å²) in [4.78, 5) is 0. The monoisotopic (exact) mass is 278 g/mol. The van der Waals surface area contributed by atoms with E-state index in [-0.39, 0.29) is 0 Å². The average Bonchev–Trinajstić information content (AvgIpc) is 3.00. The van der Waals surface area contributed by atoms with E-state index in [4.69, 9.17) is 10.00 Å². The molecule has 0 heterocycles. The maximum Gasteiger partial charge on any atom is 0.136 e. The Morgan fingerprint density at radius 1 is 1.14 bits per heavy atom. The van der Waals surface area contributed by atoms with Crippen LogP contribution in [0.4, 0.5) is 5.69 Å². The number of aryl methyl sites for hydroxylation is 2. The van der Waals surface area contributed by atoms with Gasteiger partial charge >= 0.3 is 0 Å². The number of ether oxygens (including phenoxy) is 1. The summed E-state index contributed by atoms with van der Waals surface area (Å²) in [7, 11) is 1.58. The zero-order valence-corrected chi connectivity index (χ0v) is 12.1. The highest BCUT2D eigenvalue weighted by molar-refractivity contribution is 5.51. The van der Waals surface area contributed by atoms with Crippen LogP contribution in [0.15, 0.2) is 36.4 Å². The van der Waals surface area contributed by atoms with Crippen molar-refractivity contribution in [2.45, 2.75) is 25.8 Å². The molecule has 0 spiro atoms. The summed E-state index contributed by atoms with van der Waals surface area (Å²) in [6, 6.07) is 14.5. The molecule has 2 aromatic carbocycles. The molecule has 1 aliphatic carbocycles. The zero-order chi connectivity index (χ0) is 14.7. The van der Waals surface area contributed by atoms with Crippen molar-refractivity contribution in [2.75, 3.05) is 12.4 Å². The quantitative estimate of drug-likeness (QED) is 0.928. The highest BCUT2D eigenvalue weighted by Crippen LogP contribution is 2.25. The molecule has 3 heteroatoms. The van der Waals surface area contributed by atoms with Crippen molar-refractivity contribution in [1.82, 2.24) is 0 Å². The third-order valence-corrected chi connectivity index (χ3v) is 3.98. The molecule has 0 aromatic heterocycles. The van der Waals surface area contributed by atoms with Crippen LogP contribution in [-0.2, 0) is 19.4 Å². The van der Waals surface area contributed by atoms with Crippen LogP contribution in [0.1, 0.15) is 28.7 Å². The molecule has 0 saturated carbocycles. The molecule has 0 atom stereocenters. The fourth-order valence-electron chi connectivity index (χ4n) is 2.84. The number of nitriles is 1. The van der Waals surface area contributed by atoms with E-state index in [1.54, 1.807) is 7.11 Å². The molecule has 0 unspecified atom stereocenters. The number of benzene rings is 2. The summed E-state index contributed by atoms with van der Waals surface area (Å²) in [6.45, 7) is 0.706. The van der Waals surface area contributed by atoms with Gasteiger partial charge in [-0.1, -0.05) is 12.1 Å². The smallest absolute Gasteiger partial charge is 0.136 e. The highest BCUT2D eigenvalue weighted by atomic mass is 16.5. The van der Waals surface area contributed by atoms with Crippen LogP contribution in [0.25, 0.3) is 0 Å². The number of hydrogen-bond donors (Lipinski definition) is 1. The molecule has 0 fully saturated rings. The Hall–Kier alpha value is -2.47. The van der Waals surface area contributed by atoms with Gasteiger partial charge in [0, 0.05) is 12.2 Å².